The van der Waals surface area contributed by atoms with Gasteiger partial charge in [-0.3, -0.25) is 4.79 Å². The molecule has 0 amide bonds. The predicted molar refractivity (Wildman–Crippen MR) is 64.1 cm³/mol. The Hall–Kier alpha value is -1.31. The highest BCUT2D eigenvalue weighted by molar-refractivity contribution is 5.94. The molecule has 0 aromatic heterocycles. The molecular formula is C14H18O2. The van der Waals surface area contributed by atoms with Crippen LogP contribution in [0.25, 0.3) is 0 Å². The second-order valence-electron chi connectivity index (χ2n) is 4.56. The normalized spacial score (nSPS) is 16.4. The van der Waals surface area contributed by atoms with E-state index in [1.54, 1.807) is 6.92 Å². The molecular weight excluding hydrogens is 200 g/mol. The first-order valence-electron chi connectivity index (χ1n) is 5.95. The maximum Gasteiger partial charge on any atom is 0.159 e. The molecule has 0 radical (unpaired) electrons. The zero-order chi connectivity index (χ0) is 11.5. The molecule has 1 aliphatic rings. The van der Waals surface area contributed by atoms with Crippen molar-refractivity contribution in [1.29, 1.82) is 0 Å². The van der Waals surface area contributed by atoms with E-state index in [1.807, 2.05) is 25.1 Å². The quantitative estimate of drug-likeness (QED) is 0.725. The molecule has 0 spiro atoms. The largest absolute Gasteiger partial charge is 0.490 e. The highest BCUT2D eigenvalue weighted by Gasteiger charge is 2.17. The number of carbonyl (C=O) groups is 1. The van der Waals surface area contributed by atoms with Crippen LogP contribution in [0.4, 0.5) is 0 Å². The number of carbonyl (C=O) groups excluding carboxylic acids is 1. The number of ether oxygens (including phenoxy) is 1. The van der Waals surface area contributed by atoms with Gasteiger partial charge in [-0.2, -0.15) is 0 Å². The van der Waals surface area contributed by atoms with E-state index in [9.17, 15) is 4.79 Å². The summed E-state index contributed by atoms with van der Waals surface area (Å²) in [5.74, 6) is 0.968. The minimum absolute atomic E-state index is 0.0938. The molecule has 2 rings (SSSR count). The molecule has 1 aromatic carbocycles. The molecule has 1 saturated carbocycles. The van der Waals surface area contributed by atoms with Crippen molar-refractivity contribution < 1.29 is 9.53 Å². The minimum Gasteiger partial charge on any atom is -0.490 e. The van der Waals surface area contributed by atoms with Crippen LogP contribution >= 0.6 is 0 Å². The number of benzene rings is 1. The maximum atomic E-state index is 11.3. The van der Waals surface area contributed by atoms with Crippen LogP contribution in [-0.4, -0.2) is 11.9 Å². The number of rotatable bonds is 3. The average Bonchev–Trinajstić information content (AvgIpc) is 2.73. The Kier molecular flexibility index (Phi) is 3.28. The van der Waals surface area contributed by atoms with Crippen molar-refractivity contribution in [3.8, 4) is 5.75 Å². The van der Waals surface area contributed by atoms with E-state index in [2.05, 4.69) is 0 Å². The summed E-state index contributed by atoms with van der Waals surface area (Å²) in [5, 5.41) is 0. The second kappa shape index (κ2) is 4.69. The Morgan fingerprint density at radius 2 is 2.00 bits per heavy atom. The number of Topliss-reactive ketones (excluding diaryl/α,β-unsaturated/α-hetero) is 1. The predicted octanol–water partition coefficient (Wildman–Crippen LogP) is 3.52. The summed E-state index contributed by atoms with van der Waals surface area (Å²) in [5.41, 5.74) is 1.84. The van der Waals surface area contributed by atoms with Crippen LogP contribution in [0.2, 0.25) is 0 Å². The molecule has 0 heterocycles. The first-order valence-corrected chi connectivity index (χ1v) is 5.95. The lowest BCUT2D eigenvalue weighted by atomic mass is 10.1. The number of hydrogen-bond acceptors (Lipinski definition) is 2. The van der Waals surface area contributed by atoms with Crippen LogP contribution in [0.15, 0.2) is 18.2 Å². The van der Waals surface area contributed by atoms with E-state index in [0.29, 0.717) is 6.10 Å². The molecule has 0 bridgehead atoms. The van der Waals surface area contributed by atoms with Gasteiger partial charge in [-0.15, -0.1) is 0 Å². The first-order chi connectivity index (χ1) is 7.66. The zero-order valence-electron chi connectivity index (χ0n) is 9.95. The summed E-state index contributed by atoms with van der Waals surface area (Å²) in [4.78, 5) is 11.3. The Morgan fingerprint density at radius 1 is 1.31 bits per heavy atom. The van der Waals surface area contributed by atoms with Gasteiger partial charge in [0.05, 0.1) is 6.10 Å². The van der Waals surface area contributed by atoms with Crippen LogP contribution in [0.1, 0.15) is 48.5 Å². The molecule has 0 aliphatic heterocycles. The van der Waals surface area contributed by atoms with E-state index in [1.165, 1.54) is 12.8 Å². The van der Waals surface area contributed by atoms with Crippen LogP contribution in [0, 0.1) is 6.92 Å². The van der Waals surface area contributed by atoms with Crippen molar-refractivity contribution in [3.05, 3.63) is 29.3 Å². The molecule has 0 N–H and O–H groups in total. The van der Waals surface area contributed by atoms with Crippen LogP contribution in [0.5, 0.6) is 5.75 Å². The summed E-state index contributed by atoms with van der Waals surface area (Å²) < 4.78 is 5.94. The summed E-state index contributed by atoms with van der Waals surface area (Å²) >= 11 is 0. The highest BCUT2D eigenvalue weighted by Crippen LogP contribution is 2.27. The van der Waals surface area contributed by atoms with E-state index >= 15 is 0 Å². The molecule has 16 heavy (non-hydrogen) atoms. The van der Waals surface area contributed by atoms with Crippen molar-refractivity contribution in [2.24, 2.45) is 0 Å². The van der Waals surface area contributed by atoms with Crippen LogP contribution in [0.3, 0.4) is 0 Å². The fraction of sp³-hybridized carbons (Fsp3) is 0.500. The van der Waals surface area contributed by atoms with Crippen molar-refractivity contribution in [1.82, 2.24) is 0 Å². The number of hydrogen-bond donors (Lipinski definition) is 0. The van der Waals surface area contributed by atoms with Gasteiger partial charge in [-0.25, -0.2) is 0 Å². The van der Waals surface area contributed by atoms with E-state index in [4.69, 9.17) is 4.74 Å². The van der Waals surface area contributed by atoms with Crippen LogP contribution < -0.4 is 4.74 Å². The van der Waals surface area contributed by atoms with Gasteiger partial charge in [0.15, 0.2) is 5.78 Å². The Balaban J connectivity index is 2.17. The molecule has 0 unspecified atom stereocenters. The topological polar surface area (TPSA) is 26.3 Å². The Morgan fingerprint density at radius 3 is 2.62 bits per heavy atom. The SMILES string of the molecule is CC(=O)c1ccc(C)c(OC2CCCC2)c1. The van der Waals surface area contributed by atoms with Gasteiger partial charge in [-0.05, 0) is 51.2 Å². The lowest BCUT2D eigenvalue weighted by molar-refractivity contribution is 0.101. The van der Waals surface area contributed by atoms with Crippen molar-refractivity contribution in [3.63, 3.8) is 0 Å². The number of ketones is 1. The fourth-order valence-corrected chi connectivity index (χ4v) is 2.13. The van der Waals surface area contributed by atoms with Crippen LogP contribution in [-0.2, 0) is 0 Å². The zero-order valence-corrected chi connectivity index (χ0v) is 9.95. The Labute approximate surface area is 96.6 Å². The maximum absolute atomic E-state index is 11.3. The third-order valence-electron chi connectivity index (χ3n) is 3.19. The first kappa shape index (κ1) is 11.2. The van der Waals surface area contributed by atoms with E-state index in [0.717, 1.165) is 29.7 Å². The lowest BCUT2D eigenvalue weighted by Gasteiger charge is -2.15. The van der Waals surface area contributed by atoms with Gasteiger partial charge in [0, 0.05) is 5.56 Å². The summed E-state index contributed by atoms with van der Waals surface area (Å²) in [6.45, 7) is 3.61. The molecule has 1 aromatic rings. The molecule has 1 aliphatic carbocycles. The molecule has 0 atom stereocenters. The Bertz CT molecular complexity index is 390. The van der Waals surface area contributed by atoms with Crippen molar-refractivity contribution in [2.45, 2.75) is 45.6 Å². The standard InChI is InChI=1S/C14H18O2/c1-10-7-8-12(11(2)15)9-14(10)16-13-5-3-4-6-13/h7-9,13H,3-6H2,1-2H3. The molecule has 2 heteroatoms. The van der Waals surface area contributed by atoms with Crippen molar-refractivity contribution >= 4 is 5.78 Å². The molecule has 1 fully saturated rings. The van der Waals surface area contributed by atoms with Gasteiger partial charge >= 0.3 is 0 Å². The van der Waals surface area contributed by atoms with E-state index < -0.39 is 0 Å². The second-order valence-corrected chi connectivity index (χ2v) is 4.56. The van der Waals surface area contributed by atoms with Crippen molar-refractivity contribution in [2.75, 3.05) is 0 Å². The fourth-order valence-electron chi connectivity index (χ4n) is 2.13. The molecule has 86 valence electrons. The summed E-state index contributed by atoms with van der Waals surface area (Å²) in [6, 6.07) is 5.69. The van der Waals surface area contributed by atoms with Gasteiger partial charge in [0.2, 0.25) is 0 Å². The third kappa shape index (κ3) is 2.43. The average molecular weight is 218 g/mol. The van der Waals surface area contributed by atoms with E-state index in [-0.39, 0.29) is 5.78 Å². The molecule has 2 nitrogen and oxygen atoms in total. The molecule has 0 saturated heterocycles. The minimum atomic E-state index is 0.0938. The van der Waals surface area contributed by atoms with Gasteiger partial charge in [0.25, 0.3) is 0 Å². The highest BCUT2D eigenvalue weighted by atomic mass is 16.5. The smallest absolute Gasteiger partial charge is 0.159 e. The summed E-state index contributed by atoms with van der Waals surface area (Å²) in [7, 11) is 0. The van der Waals surface area contributed by atoms with Gasteiger partial charge in [0.1, 0.15) is 5.75 Å². The number of aryl methyl sites for hydroxylation is 1. The summed E-state index contributed by atoms with van der Waals surface area (Å²) in [6.07, 6.45) is 5.15. The monoisotopic (exact) mass is 218 g/mol. The van der Waals surface area contributed by atoms with Gasteiger partial charge in [-0.1, -0.05) is 12.1 Å². The third-order valence-corrected chi connectivity index (χ3v) is 3.19. The van der Waals surface area contributed by atoms with Gasteiger partial charge < -0.3 is 4.74 Å². The lowest BCUT2D eigenvalue weighted by Crippen LogP contribution is -2.12.